The molecule has 0 aromatic carbocycles. The number of rotatable bonds is 3. The number of halogens is 1. The summed E-state index contributed by atoms with van der Waals surface area (Å²) in [6, 6.07) is 0.322. The molecule has 0 radical (unpaired) electrons. The molecule has 1 aliphatic heterocycles. The molecule has 76 valence electrons. The van der Waals surface area contributed by atoms with Crippen LogP contribution in [0.4, 0.5) is 0 Å². The van der Waals surface area contributed by atoms with Gasteiger partial charge >= 0.3 is 0 Å². The van der Waals surface area contributed by atoms with Crippen molar-refractivity contribution in [1.29, 1.82) is 0 Å². The maximum atomic E-state index is 11.4. The van der Waals surface area contributed by atoms with E-state index in [1.165, 1.54) is 0 Å². The highest BCUT2D eigenvalue weighted by atomic mass is 35.5. The molecule has 1 amide bonds. The molecule has 0 spiro atoms. The summed E-state index contributed by atoms with van der Waals surface area (Å²) in [5.41, 5.74) is 0. The summed E-state index contributed by atoms with van der Waals surface area (Å²) < 4.78 is 0. The number of nitrogens with zero attached hydrogens (tertiary/aromatic N) is 1. The van der Waals surface area contributed by atoms with Crippen LogP contribution in [0.25, 0.3) is 0 Å². The molecule has 0 aromatic heterocycles. The van der Waals surface area contributed by atoms with Gasteiger partial charge in [0.25, 0.3) is 0 Å². The molecule has 3 nitrogen and oxygen atoms in total. The Kier molecular flexibility index (Phi) is 4.00. The van der Waals surface area contributed by atoms with Gasteiger partial charge < -0.3 is 10.2 Å². The second-order valence-corrected chi connectivity index (χ2v) is 4.12. The Morgan fingerprint density at radius 1 is 1.77 bits per heavy atom. The lowest BCUT2D eigenvalue weighted by atomic mass is 10.2. The average Bonchev–Trinajstić information content (AvgIpc) is 2.49. The predicted molar refractivity (Wildman–Crippen MR) is 53.9 cm³/mol. The van der Waals surface area contributed by atoms with E-state index in [4.69, 9.17) is 11.6 Å². The van der Waals surface area contributed by atoms with Gasteiger partial charge in [-0.25, -0.2) is 0 Å². The predicted octanol–water partition coefficient (Wildman–Crippen LogP) is 0.682. The smallest absolute Gasteiger partial charge is 0.224 e. The highest BCUT2D eigenvalue weighted by Crippen LogP contribution is 2.07. The third-order valence-corrected chi connectivity index (χ3v) is 2.88. The molecule has 0 aromatic rings. The lowest BCUT2D eigenvalue weighted by Gasteiger charge is -2.15. The van der Waals surface area contributed by atoms with Crippen LogP contribution in [-0.2, 0) is 4.79 Å². The minimum Gasteiger partial charge on any atom is -0.352 e. The minimum absolute atomic E-state index is 0.0763. The monoisotopic (exact) mass is 204 g/mol. The van der Waals surface area contributed by atoms with Gasteiger partial charge in [0.05, 0.1) is 0 Å². The zero-order valence-corrected chi connectivity index (χ0v) is 8.97. The van der Waals surface area contributed by atoms with Crippen LogP contribution in [-0.4, -0.2) is 42.9 Å². The number of carbonyl (C=O) groups excluding carboxylic acids is 1. The normalized spacial score (nSPS) is 25.9. The highest BCUT2D eigenvalue weighted by Gasteiger charge is 2.22. The zero-order valence-electron chi connectivity index (χ0n) is 8.22. The molecule has 0 saturated carbocycles. The van der Waals surface area contributed by atoms with E-state index in [0.717, 1.165) is 19.5 Å². The summed E-state index contributed by atoms with van der Waals surface area (Å²) in [6.07, 6.45) is 1.05. The van der Waals surface area contributed by atoms with E-state index in [2.05, 4.69) is 17.3 Å². The van der Waals surface area contributed by atoms with Crippen LogP contribution in [0.1, 0.15) is 13.3 Å². The number of nitrogens with one attached hydrogen (secondary N) is 1. The Morgan fingerprint density at radius 3 is 2.92 bits per heavy atom. The maximum absolute atomic E-state index is 11.4. The molecule has 0 aliphatic carbocycles. The van der Waals surface area contributed by atoms with Gasteiger partial charge in [-0.1, -0.05) is 6.92 Å². The molecule has 1 heterocycles. The summed E-state index contributed by atoms with van der Waals surface area (Å²) in [5.74, 6) is 0.400. The fourth-order valence-electron chi connectivity index (χ4n) is 1.47. The molecule has 1 fully saturated rings. The van der Waals surface area contributed by atoms with Gasteiger partial charge in [-0.05, 0) is 20.0 Å². The van der Waals surface area contributed by atoms with Crippen LogP contribution >= 0.6 is 11.6 Å². The Bertz CT molecular complexity index is 186. The lowest BCUT2D eigenvalue weighted by Crippen LogP contribution is -2.39. The third kappa shape index (κ3) is 3.16. The van der Waals surface area contributed by atoms with E-state index in [-0.39, 0.29) is 11.8 Å². The van der Waals surface area contributed by atoms with Crippen molar-refractivity contribution in [3.8, 4) is 0 Å². The number of amides is 1. The van der Waals surface area contributed by atoms with E-state index in [1.54, 1.807) is 0 Å². The number of carbonyl (C=O) groups is 1. The van der Waals surface area contributed by atoms with Crippen molar-refractivity contribution in [2.45, 2.75) is 19.4 Å². The number of alkyl halides is 1. The van der Waals surface area contributed by atoms with Crippen molar-refractivity contribution in [3.63, 3.8) is 0 Å². The van der Waals surface area contributed by atoms with E-state index in [9.17, 15) is 4.79 Å². The van der Waals surface area contributed by atoms with Gasteiger partial charge in [0.2, 0.25) is 5.91 Å². The number of likely N-dealkylation sites (tertiary alicyclic amines) is 1. The van der Waals surface area contributed by atoms with Crippen molar-refractivity contribution in [2.24, 2.45) is 5.92 Å². The van der Waals surface area contributed by atoms with Crippen LogP contribution < -0.4 is 5.32 Å². The summed E-state index contributed by atoms with van der Waals surface area (Å²) in [4.78, 5) is 13.6. The number of hydrogen-bond acceptors (Lipinski definition) is 2. The van der Waals surface area contributed by atoms with Crippen LogP contribution in [0, 0.1) is 5.92 Å². The van der Waals surface area contributed by atoms with E-state index in [1.807, 2.05) is 6.92 Å². The second-order valence-electron chi connectivity index (χ2n) is 3.81. The summed E-state index contributed by atoms with van der Waals surface area (Å²) in [5, 5.41) is 2.99. The standard InChI is InChI=1S/C9H17ClN2O/c1-7(5-10)9(13)11-8-3-4-12(2)6-8/h7-8H,3-6H2,1-2H3,(H,11,13). The molecule has 2 unspecified atom stereocenters. The summed E-state index contributed by atoms with van der Waals surface area (Å²) in [6.45, 7) is 3.88. The SMILES string of the molecule is CC(CCl)C(=O)NC1CCN(C)C1. The molecule has 1 aliphatic rings. The van der Waals surface area contributed by atoms with E-state index < -0.39 is 0 Å². The second kappa shape index (κ2) is 4.82. The van der Waals surface area contributed by atoms with E-state index in [0.29, 0.717) is 11.9 Å². The van der Waals surface area contributed by atoms with Crippen molar-refractivity contribution in [1.82, 2.24) is 10.2 Å². The molecule has 13 heavy (non-hydrogen) atoms. The first kappa shape index (κ1) is 10.8. The molecule has 1 N–H and O–H groups in total. The number of likely N-dealkylation sites (N-methyl/N-ethyl adjacent to an activating group) is 1. The van der Waals surface area contributed by atoms with Crippen LogP contribution in [0.5, 0.6) is 0 Å². The molecular formula is C9H17ClN2O. The van der Waals surface area contributed by atoms with Crippen LogP contribution in [0.2, 0.25) is 0 Å². The lowest BCUT2D eigenvalue weighted by molar-refractivity contribution is -0.124. The Morgan fingerprint density at radius 2 is 2.46 bits per heavy atom. The fourth-order valence-corrected chi connectivity index (χ4v) is 1.61. The van der Waals surface area contributed by atoms with Gasteiger partial charge in [-0.2, -0.15) is 0 Å². The van der Waals surface area contributed by atoms with Crippen molar-refractivity contribution >= 4 is 17.5 Å². The Labute approximate surface area is 84.4 Å². The fraction of sp³-hybridized carbons (Fsp3) is 0.889. The molecule has 0 bridgehead atoms. The van der Waals surface area contributed by atoms with Gasteiger partial charge in [0, 0.05) is 24.4 Å². The topological polar surface area (TPSA) is 32.3 Å². The average molecular weight is 205 g/mol. The largest absolute Gasteiger partial charge is 0.352 e. The number of hydrogen-bond donors (Lipinski definition) is 1. The zero-order chi connectivity index (χ0) is 9.84. The first-order chi connectivity index (χ1) is 6.13. The minimum atomic E-state index is -0.0763. The van der Waals surface area contributed by atoms with Crippen molar-refractivity contribution in [3.05, 3.63) is 0 Å². The maximum Gasteiger partial charge on any atom is 0.224 e. The summed E-state index contributed by atoms with van der Waals surface area (Å²) >= 11 is 5.59. The van der Waals surface area contributed by atoms with Gasteiger partial charge in [-0.15, -0.1) is 11.6 Å². The molecule has 4 heteroatoms. The first-order valence-electron chi connectivity index (χ1n) is 4.68. The molecule has 2 atom stereocenters. The van der Waals surface area contributed by atoms with E-state index >= 15 is 0 Å². The quantitative estimate of drug-likeness (QED) is 0.686. The third-order valence-electron chi connectivity index (χ3n) is 2.42. The highest BCUT2D eigenvalue weighted by molar-refractivity contribution is 6.19. The summed E-state index contributed by atoms with van der Waals surface area (Å²) in [7, 11) is 2.07. The first-order valence-corrected chi connectivity index (χ1v) is 5.22. The Balaban J connectivity index is 2.28. The van der Waals surface area contributed by atoms with Gasteiger partial charge in [0.15, 0.2) is 0 Å². The van der Waals surface area contributed by atoms with Gasteiger partial charge in [0.1, 0.15) is 0 Å². The molecule has 1 saturated heterocycles. The van der Waals surface area contributed by atoms with Crippen LogP contribution in [0.3, 0.4) is 0 Å². The Hall–Kier alpha value is -0.280. The van der Waals surface area contributed by atoms with Gasteiger partial charge in [-0.3, -0.25) is 4.79 Å². The van der Waals surface area contributed by atoms with Crippen molar-refractivity contribution in [2.75, 3.05) is 26.0 Å². The molecule has 1 rings (SSSR count). The molecular weight excluding hydrogens is 188 g/mol. The van der Waals surface area contributed by atoms with Crippen molar-refractivity contribution < 1.29 is 4.79 Å². The van der Waals surface area contributed by atoms with Crippen LogP contribution in [0.15, 0.2) is 0 Å².